The molecule has 1 aromatic heterocycles. The van der Waals surface area contributed by atoms with E-state index in [0.29, 0.717) is 16.1 Å². The smallest absolute Gasteiger partial charge is 0.261 e. The summed E-state index contributed by atoms with van der Waals surface area (Å²) in [6.07, 6.45) is 2.89. The lowest BCUT2D eigenvalue weighted by molar-refractivity contribution is 0.221. The molecule has 0 bridgehead atoms. The number of pyridine rings is 1. The number of anilines is 1. The third kappa shape index (κ3) is 4.47. The molecule has 0 aliphatic heterocycles. The van der Waals surface area contributed by atoms with Gasteiger partial charge in [0.05, 0.1) is 10.6 Å². The number of aliphatic hydroxyl groups is 1. The number of nitrogens with zero attached hydrogens (tertiary/aromatic N) is 1. The number of aliphatic hydroxyl groups excluding tert-OH is 1. The molecule has 0 saturated carbocycles. The lowest BCUT2D eigenvalue weighted by Gasteiger charge is -2.18. The van der Waals surface area contributed by atoms with Crippen molar-refractivity contribution in [2.45, 2.75) is 24.3 Å². The second kappa shape index (κ2) is 8.08. The van der Waals surface area contributed by atoms with Crippen LogP contribution in [0.15, 0.2) is 71.9 Å². The Morgan fingerprint density at radius 3 is 2.37 bits per heavy atom. The fourth-order valence-corrected chi connectivity index (χ4v) is 3.95. The maximum absolute atomic E-state index is 12.8. The summed E-state index contributed by atoms with van der Waals surface area (Å²) in [5, 5.41) is 11.1. The highest BCUT2D eigenvalue weighted by atomic mass is 35.5. The molecule has 0 fully saturated rings. The Morgan fingerprint density at radius 1 is 1.07 bits per heavy atom. The van der Waals surface area contributed by atoms with Crippen molar-refractivity contribution in [3.63, 3.8) is 0 Å². The molecule has 140 valence electrons. The van der Waals surface area contributed by atoms with Crippen molar-refractivity contribution < 1.29 is 13.5 Å². The molecular formula is C20H19ClN2O3S. The lowest BCUT2D eigenvalue weighted by atomic mass is 10.0. The Labute approximate surface area is 163 Å². The van der Waals surface area contributed by atoms with Crippen LogP contribution in [0.5, 0.6) is 0 Å². The van der Waals surface area contributed by atoms with E-state index < -0.39 is 16.1 Å². The van der Waals surface area contributed by atoms with Crippen molar-refractivity contribution in [2.75, 3.05) is 4.72 Å². The van der Waals surface area contributed by atoms with E-state index in [2.05, 4.69) is 9.71 Å². The number of hydrogen-bond acceptors (Lipinski definition) is 4. The van der Waals surface area contributed by atoms with E-state index in [-0.39, 0.29) is 10.6 Å². The summed E-state index contributed by atoms with van der Waals surface area (Å²) in [7, 11) is -3.81. The molecule has 1 heterocycles. The van der Waals surface area contributed by atoms with E-state index in [1.807, 2.05) is 6.92 Å². The lowest BCUT2D eigenvalue weighted by Crippen LogP contribution is -2.15. The van der Waals surface area contributed by atoms with E-state index in [9.17, 15) is 13.5 Å². The number of sulfonamides is 1. The van der Waals surface area contributed by atoms with Crippen LogP contribution in [-0.4, -0.2) is 18.5 Å². The van der Waals surface area contributed by atoms with E-state index in [1.54, 1.807) is 67.0 Å². The molecule has 0 aliphatic rings. The van der Waals surface area contributed by atoms with Crippen LogP contribution in [0.1, 0.15) is 29.7 Å². The number of aromatic nitrogens is 1. The Kier molecular flexibility index (Phi) is 5.79. The van der Waals surface area contributed by atoms with Crippen LogP contribution in [0.25, 0.3) is 0 Å². The van der Waals surface area contributed by atoms with Crippen LogP contribution in [0, 0.1) is 0 Å². The maximum atomic E-state index is 12.8. The van der Waals surface area contributed by atoms with Gasteiger partial charge in [-0.1, -0.05) is 30.7 Å². The minimum Gasteiger partial charge on any atom is -0.384 e. The molecular weight excluding hydrogens is 384 g/mol. The SMILES string of the molecule is CCc1ccc(S(=O)(=O)Nc2ccc(Cl)cc2C(O)c2ccncc2)cc1. The number of benzene rings is 2. The van der Waals surface area contributed by atoms with Crippen LogP contribution in [-0.2, 0) is 16.4 Å². The second-order valence-electron chi connectivity index (χ2n) is 6.02. The van der Waals surface area contributed by atoms with Gasteiger partial charge in [-0.2, -0.15) is 0 Å². The zero-order valence-corrected chi connectivity index (χ0v) is 16.2. The van der Waals surface area contributed by atoms with Crippen molar-refractivity contribution in [3.05, 3.63) is 88.7 Å². The molecule has 0 radical (unpaired) electrons. The molecule has 0 spiro atoms. The maximum Gasteiger partial charge on any atom is 0.261 e. The highest BCUT2D eigenvalue weighted by Crippen LogP contribution is 2.32. The van der Waals surface area contributed by atoms with Gasteiger partial charge in [0.15, 0.2) is 0 Å². The highest BCUT2D eigenvalue weighted by Gasteiger charge is 2.20. The first-order valence-electron chi connectivity index (χ1n) is 8.40. The van der Waals surface area contributed by atoms with Crippen molar-refractivity contribution in [3.8, 4) is 0 Å². The van der Waals surface area contributed by atoms with E-state index in [1.165, 1.54) is 0 Å². The molecule has 2 N–H and O–H groups in total. The quantitative estimate of drug-likeness (QED) is 0.648. The zero-order valence-electron chi connectivity index (χ0n) is 14.6. The Morgan fingerprint density at radius 2 is 1.74 bits per heavy atom. The van der Waals surface area contributed by atoms with Crippen molar-refractivity contribution in [1.29, 1.82) is 0 Å². The zero-order chi connectivity index (χ0) is 19.4. The van der Waals surface area contributed by atoms with Gasteiger partial charge in [-0.25, -0.2) is 8.42 Å². The van der Waals surface area contributed by atoms with E-state index >= 15 is 0 Å². The largest absolute Gasteiger partial charge is 0.384 e. The Hall–Kier alpha value is -2.41. The van der Waals surface area contributed by atoms with Crippen molar-refractivity contribution >= 4 is 27.3 Å². The molecule has 0 amide bonds. The third-order valence-corrected chi connectivity index (χ3v) is 5.83. The number of nitrogens with one attached hydrogen (secondary N) is 1. The fraction of sp³-hybridized carbons (Fsp3) is 0.150. The predicted octanol–water partition coefficient (Wildman–Crippen LogP) is 4.18. The van der Waals surface area contributed by atoms with Gasteiger partial charge >= 0.3 is 0 Å². The van der Waals surface area contributed by atoms with Gasteiger partial charge < -0.3 is 5.11 Å². The molecule has 3 aromatic rings. The van der Waals surface area contributed by atoms with Gasteiger partial charge in [-0.05, 0) is 60.0 Å². The molecule has 0 aliphatic carbocycles. The van der Waals surface area contributed by atoms with E-state index in [4.69, 9.17) is 11.6 Å². The van der Waals surface area contributed by atoms with Crippen LogP contribution in [0.3, 0.4) is 0 Å². The summed E-state index contributed by atoms with van der Waals surface area (Å²) in [6, 6.07) is 14.7. The topological polar surface area (TPSA) is 79.3 Å². The van der Waals surface area contributed by atoms with Crippen LogP contribution in [0.2, 0.25) is 5.02 Å². The van der Waals surface area contributed by atoms with Crippen LogP contribution >= 0.6 is 11.6 Å². The van der Waals surface area contributed by atoms with Gasteiger partial charge in [0.25, 0.3) is 10.0 Å². The first-order chi connectivity index (χ1) is 12.9. The summed E-state index contributed by atoms with van der Waals surface area (Å²) in [4.78, 5) is 4.08. The van der Waals surface area contributed by atoms with Gasteiger partial charge in [-0.15, -0.1) is 0 Å². The standard InChI is InChI=1S/C20H19ClN2O3S/c1-2-14-3-6-17(7-4-14)27(25,26)23-19-8-5-16(21)13-18(19)20(24)15-9-11-22-12-10-15/h3-13,20,23-24H,2H2,1H3. The normalized spacial score (nSPS) is 12.6. The summed E-state index contributed by atoms with van der Waals surface area (Å²) in [5.74, 6) is 0. The summed E-state index contributed by atoms with van der Waals surface area (Å²) >= 11 is 6.07. The Balaban J connectivity index is 1.97. The molecule has 0 saturated heterocycles. The molecule has 1 unspecified atom stereocenters. The minimum atomic E-state index is -3.81. The predicted molar refractivity (Wildman–Crippen MR) is 106 cm³/mol. The first-order valence-corrected chi connectivity index (χ1v) is 10.3. The van der Waals surface area contributed by atoms with Crippen molar-refractivity contribution in [2.24, 2.45) is 0 Å². The van der Waals surface area contributed by atoms with Gasteiger partial charge in [0.2, 0.25) is 0 Å². The molecule has 3 rings (SSSR count). The van der Waals surface area contributed by atoms with Gasteiger partial charge in [-0.3, -0.25) is 9.71 Å². The Bertz CT molecular complexity index is 1020. The molecule has 1 atom stereocenters. The minimum absolute atomic E-state index is 0.152. The number of hydrogen-bond donors (Lipinski definition) is 2. The van der Waals surface area contributed by atoms with Crippen molar-refractivity contribution in [1.82, 2.24) is 4.98 Å². The number of rotatable bonds is 6. The molecule has 2 aromatic carbocycles. The van der Waals surface area contributed by atoms with Crippen LogP contribution < -0.4 is 4.72 Å². The summed E-state index contributed by atoms with van der Waals surface area (Å²) in [5.41, 5.74) is 2.26. The van der Waals surface area contributed by atoms with Gasteiger partial charge in [0.1, 0.15) is 6.10 Å². The summed E-state index contributed by atoms with van der Waals surface area (Å²) < 4.78 is 28.1. The second-order valence-corrected chi connectivity index (χ2v) is 8.14. The molecule has 27 heavy (non-hydrogen) atoms. The fourth-order valence-electron chi connectivity index (χ4n) is 2.69. The first kappa shape index (κ1) is 19.4. The average Bonchev–Trinajstić information content (AvgIpc) is 2.69. The van der Waals surface area contributed by atoms with E-state index in [0.717, 1.165) is 12.0 Å². The molecule has 5 nitrogen and oxygen atoms in total. The monoisotopic (exact) mass is 402 g/mol. The van der Waals surface area contributed by atoms with Gasteiger partial charge in [0, 0.05) is 23.0 Å². The average molecular weight is 403 g/mol. The summed E-state index contributed by atoms with van der Waals surface area (Å²) in [6.45, 7) is 2.00. The number of aryl methyl sites for hydroxylation is 1. The number of halogens is 1. The highest BCUT2D eigenvalue weighted by molar-refractivity contribution is 7.92. The van der Waals surface area contributed by atoms with Crippen LogP contribution in [0.4, 0.5) is 5.69 Å². The third-order valence-electron chi connectivity index (χ3n) is 4.22. The molecule has 7 heteroatoms.